The summed E-state index contributed by atoms with van der Waals surface area (Å²) in [5, 5.41) is 0. The number of carbonyl (C=O) groups is 2. The van der Waals surface area contributed by atoms with E-state index in [0.717, 1.165) is 0 Å². The third-order valence-electron chi connectivity index (χ3n) is 0.582. The molecule has 3 radical (unpaired) electrons. The smallest absolute Gasteiger partial charge is 0.246 e. The summed E-state index contributed by atoms with van der Waals surface area (Å²) in [6, 6.07) is 0. The number of rotatable bonds is 4. The molecular weight excluding hydrogens is 124 g/mol. The lowest BCUT2D eigenvalue weighted by molar-refractivity contribution is -0.130. The van der Waals surface area contributed by atoms with Crippen molar-refractivity contribution < 1.29 is 14.0 Å². The zero-order chi connectivity index (χ0) is 6.41. The second-order valence-corrected chi connectivity index (χ2v) is 1.47. The van der Waals surface area contributed by atoms with Crippen molar-refractivity contribution in [1.82, 2.24) is 0 Å². The maximum atomic E-state index is 10.1. The number of ketones is 1. The van der Waals surface area contributed by atoms with Gasteiger partial charge >= 0.3 is 0 Å². The van der Waals surface area contributed by atoms with Crippen LogP contribution in [0.25, 0.3) is 0 Å². The predicted molar refractivity (Wildman–Crippen MR) is 27.4 cm³/mol. The van der Waals surface area contributed by atoms with Crippen molar-refractivity contribution in [2.45, 2.75) is 6.42 Å². The van der Waals surface area contributed by atoms with Gasteiger partial charge in [0.25, 0.3) is 0 Å². The van der Waals surface area contributed by atoms with Crippen LogP contribution in [0.4, 0.5) is 0 Å². The Morgan fingerprint density at radius 1 is 1.75 bits per heavy atom. The Morgan fingerprint density at radius 2 is 2.38 bits per heavy atom. The highest BCUT2D eigenvalue weighted by molar-refractivity contribution is 6.24. The SMILES string of the molecule is O=CC(=O)CCO[Si]. The van der Waals surface area contributed by atoms with Gasteiger partial charge in [0.1, 0.15) is 0 Å². The lowest BCUT2D eigenvalue weighted by Gasteiger charge is -1.88. The Balaban J connectivity index is 3.11. The summed E-state index contributed by atoms with van der Waals surface area (Å²) in [7, 11) is 2.68. The second-order valence-electron chi connectivity index (χ2n) is 1.18. The molecule has 0 aromatic rings. The van der Waals surface area contributed by atoms with Crippen LogP contribution >= 0.6 is 0 Å². The molecule has 0 heterocycles. The maximum absolute atomic E-state index is 10.1. The molecule has 0 bridgehead atoms. The Labute approximate surface area is 50.6 Å². The fourth-order valence-corrected chi connectivity index (χ4v) is 0.313. The molecule has 0 unspecified atom stereocenters. The van der Waals surface area contributed by atoms with Gasteiger partial charge in [0.15, 0.2) is 12.1 Å². The molecule has 3 nitrogen and oxygen atoms in total. The van der Waals surface area contributed by atoms with E-state index >= 15 is 0 Å². The van der Waals surface area contributed by atoms with Crippen LogP contribution in [-0.2, 0) is 14.0 Å². The van der Waals surface area contributed by atoms with Crippen molar-refractivity contribution in [3.05, 3.63) is 0 Å². The molecule has 8 heavy (non-hydrogen) atoms. The molecule has 0 spiro atoms. The standard InChI is InChI=1S/C4H5O3Si/c5-3-4(6)1-2-7-8/h3H,1-2H2. The van der Waals surface area contributed by atoms with Gasteiger partial charge in [-0.05, 0) is 0 Å². The van der Waals surface area contributed by atoms with E-state index < -0.39 is 5.78 Å². The molecule has 4 heteroatoms. The van der Waals surface area contributed by atoms with E-state index in [-0.39, 0.29) is 19.3 Å². The fourth-order valence-electron chi connectivity index (χ4n) is 0.211. The van der Waals surface area contributed by atoms with Gasteiger partial charge in [-0.1, -0.05) is 0 Å². The lowest BCUT2D eigenvalue weighted by Crippen LogP contribution is -2.02. The minimum atomic E-state index is -0.441. The summed E-state index contributed by atoms with van der Waals surface area (Å²) in [5.74, 6) is -0.441. The van der Waals surface area contributed by atoms with Crippen LogP contribution in [-0.4, -0.2) is 29.2 Å². The van der Waals surface area contributed by atoms with Gasteiger partial charge in [-0.15, -0.1) is 0 Å². The molecule has 0 aromatic carbocycles. The van der Waals surface area contributed by atoms with Crippen LogP contribution in [0.1, 0.15) is 6.42 Å². The zero-order valence-electron chi connectivity index (χ0n) is 4.22. The van der Waals surface area contributed by atoms with Crippen LogP contribution in [0, 0.1) is 0 Å². The van der Waals surface area contributed by atoms with Gasteiger partial charge in [0.2, 0.25) is 10.5 Å². The van der Waals surface area contributed by atoms with Gasteiger partial charge in [-0.25, -0.2) is 0 Å². The Morgan fingerprint density at radius 3 is 2.75 bits per heavy atom. The Bertz CT molecular complexity index is 91.3. The molecular formula is C4H5O3Si. The summed E-state index contributed by atoms with van der Waals surface area (Å²) in [4.78, 5) is 19.7. The highest BCUT2D eigenvalue weighted by Crippen LogP contribution is 1.77. The molecule has 0 amide bonds. The van der Waals surface area contributed by atoms with Crippen LogP contribution in [0.3, 0.4) is 0 Å². The minimum Gasteiger partial charge on any atom is -0.418 e. The van der Waals surface area contributed by atoms with Crippen LogP contribution in [0.2, 0.25) is 0 Å². The monoisotopic (exact) mass is 129 g/mol. The molecule has 0 saturated carbocycles. The summed E-state index contributed by atoms with van der Waals surface area (Å²) < 4.78 is 4.34. The minimum absolute atomic E-state index is 0.146. The average molecular weight is 129 g/mol. The van der Waals surface area contributed by atoms with E-state index in [1.165, 1.54) is 0 Å². The van der Waals surface area contributed by atoms with E-state index in [0.29, 0.717) is 0 Å². The van der Waals surface area contributed by atoms with Crippen molar-refractivity contribution in [3.8, 4) is 0 Å². The van der Waals surface area contributed by atoms with Gasteiger partial charge in [-0.3, -0.25) is 9.59 Å². The first-order valence-corrected chi connectivity index (χ1v) is 2.48. The molecule has 0 saturated heterocycles. The van der Waals surface area contributed by atoms with Gasteiger partial charge in [0.05, 0.1) is 0 Å². The molecule has 43 valence electrons. The molecule has 0 atom stereocenters. The molecule has 0 aromatic heterocycles. The van der Waals surface area contributed by atoms with Gasteiger partial charge in [-0.2, -0.15) is 0 Å². The number of hydrogen-bond donors (Lipinski definition) is 0. The van der Waals surface area contributed by atoms with E-state index in [2.05, 4.69) is 14.9 Å². The largest absolute Gasteiger partial charge is 0.418 e. The number of Topliss-reactive ketones (excluding diaryl/α,β-unsaturated/α-hetero) is 1. The normalized spacial score (nSPS) is 8.62. The maximum Gasteiger partial charge on any atom is 0.246 e. The number of aldehydes is 1. The third-order valence-corrected chi connectivity index (χ3v) is 0.786. The van der Waals surface area contributed by atoms with E-state index in [1.54, 1.807) is 0 Å². The topological polar surface area (TPSA) is 43.4 Å². The van der Waals surface area contributed by atoms with Crippen LogP contribution in [0.15, 0.2) is 0 Å². The molecule has 0 aliphatic heterocycles. The predicted octanol–water partition coefficient (Wildman–Crippen LogP) is -0.755. The average Bonchev–Trinajstić information content (AvgIpc) is 1.83. The van der Waals surface area contributed by atoms with E-state index in [4.69, 9.17) is 0 Å². The summed E-state index contributed by atoms with van der Waals surface area (Å²) in [6.07, 6.45) is 0.429. The van der Waals surface area contributed by atoms with E-state index in [1.807, 2.05) is 0 Å². The molecule has 0 fully saturated rings. The Hall–Kier alpha value is -0.483. The van der Waals surface area contributed by atoms with E-state index in [9.17, 15) is 9.59 Å². The summed E-state index contributed by atoms with van der Waals surface area (Å²) in [5.41, 5.74) is 0. The molecule has 0 N–H and O–H groups in total. The van der Waals surface area contributed by atoms with Crippen molar-refractivity contribution in [3.63, 3.8) is 0 Å². The van der Waals surface area contributed by atoms with Crippen molar-refractivity contribution in [2.24, 2.45) is 0 Å². The Kier molecular flexibility index (Phi) is 4.39. The molecule has 0 aliphatic carbocycles. The fraction of sp³-hybridized carbons (Fsp3) is 0.500. The van der Waals surface area contributed by atoms with Crippen molar-refractivity contribution in [2.75, 3.05) is 6.61 Å². The van der Waals surface area contributed by atoms with Crippen molar-refractivity contribution >= 4 is 22.6 Å². The highest BCUT2D eigenvalue weighted by Gasteiger charge is 1.94. The molecule has 0 aliphatic rings. The summed E-state index contributed by atoms with van der Waals surface area (Å²) in [6.45, 7) is 0.245. The van der Waals surface area contributed by atoms with Gasteiger partial charge in [0, 0.05) is 13.0 Å². The third kappa shape index (κ3) is 3.70. The highest BCUT2D eigenvalue weighted by atomic mass is 28.2. The van der Waals surface area contributed by atoms with Crippen LogP contribution in [0.5, 0.6) is 0 Å². The van der Waals surface area contributed by atoms with Crippen LogP contribution < -0.4 is 0 Å². The summed E-state index contributed by atoms with van der Waals surface area (Å²) >= 11 is 0. The second kappa shape index (κ2) is 4.67. The zero-order valence-corrected chi connectivity index (χ0v) is 5.22. The quantitative estimate of drug-likeness (QED) is 0.285. The number of hydrogen-bond acceptors (Lipinski definition) is 3. The molecule has 0 rings (SSSR count). The van der Waals surface area contributed by atoms with Crippen molar-refractivity contribution in [1.29, 1.82) is 0 Å². The first-order valence-electron chi connectivity index (χ1n) is 2.07. The number of carbonyl (C=O) groups excluding carboxylic acids is 2. The lowest BCUT2D eigenvalue weighted by atomic mass is 10.3. The van der Waals surface area contributed by atoms with Gasteiger partial charge < -0.3 is 4.43 Å². The first kappa shape index (κ1) is 7.52. The first-order chi connectivity index (χ1) is 3.81.